The number of hydrogen-bond donors (Lipinski definition) is 0. The van der Waals surface area contributed by atoms with Gasteiger partial charge >= 0.3 is 5.97 Å². The van der Waals surface area contributed by atoms with E-state index in [-0.39, 0.29) is 12.0 Å². The van der Waals surface area contributed by atoms with Crippen LogP contribution in [0.5, 0.6) is 5.75 Å². The number of carbonyl (C=O) groups is 1. The van der Waals surface area contributed by atoms with Crippen molar-refractivity contribution in [2.24, 2.45) is 0 Å². The number of carbonyl (C=O) groups excluding carboxylic acids is 1. The number of hydrogen-bond acceptors (Lipinski definition) is 3. The van der Waals surface area contributed by atoms with Crippen molar-refractivity contribution in [1.82, 2.24) is 4.57 Å². The van der Waals surface area contributed by atoms with Crippen LogP contribution in [0.2, 0.25) is 0 Å². The minimum Gasteiger partial charge on any atom is -0.493 e. The molecular weight excluding hydrogens is 526 g/mol. The zero-order valence-electron chi connectivity index (χ0n) is 20.9. The van der Waals surface area contributed by atoms with Crippen molar-refractivity contribution >= 4 is 32.8 Å². The van der Waals surface area contributed by atoms with Crippen molar-refractivity contribution in [2.75, 3.05) is 13.7 Å². The molecule has 0 radical (unpaired) electrons. The summed E-state index contributed by atoms with van der Waals surface area (Å²) in [7, 11) is 1.38. The van der Waals surface area contributed by atoms with E-state index in [4.69, 9.17) is 9.47 Å². The highest BCUT2D eigenvalue weighted by Gasteiger charge is 2.23. The minimum absolute atomic E-state index is 0.0478. The summed E-state index contributed by atoms with van der Waals surface area (Å²) in [4.78, 5) is 11.7. The van der Waals surface area contributed by atoms with Crippen LogP contribution in [0.4, 0.5) is 0 Å². The third-order valence-electron chi connectivity index (χ3n) is 6.73. The standard InChI is InChI=1S/C32H28BrNO3/c1-22-28(19-20-37-27-16-13-25(14-17-27)32(35)36-2)29-21-26(33)15-18-30(29)34(22)31(23-9-5-3-6-10-23)24-11-7-4-8-12-24/h3-18,21,31H,19-20H2,1-2H3. The van der Waals surface area contributed by atoms with Crippen molar-refractivity contribution < 1.29 is 14.3 Å². The highest BCUT2D eigenvalue weighted by atomic mass is 79.9. The molecule has 1 aromatic heterocycles. The highest BCUT2D eigenvalue weighted by molar-refractivity contribution is 9.10. The molecule has 0 fully saturated rings. The topological polar surface area (TPSA) is 40.5 Å². The third kappa shape index (κ3) is 5.18. The lowest BCUT2D eigenvalue weighted by Gasteiger charge is -2.23. The van der Waals surface area contributed by atoms with Crippen molar-refractivity contribution in [1.29, 1.82) is 0 Å². The molecule has 37 heavy (non-hydrogen) atoms. The maximum Gasteiger partial charge on any atom is 0.337 e. The number of fused-ring (bicyclic) bond motifs is 1. The second kappa shape index (κ2) is 11.1. The summed E-state index contributed by atoms with van der Waals surface area (Å²) < 4.78 is 14.4. The fourth-order valence-electron chi connectivity index (χ4n) is 4.97. The zero-order valence-corrected chi connectivity index (χ0v) is 22.4. The van der Waals surface area contributed by atoms with Crippen LogP contribution in [0.1, 0.15) is 38.8 Å². The lowest BCUT2D eigenvalue weighted by atomic mass is 9.98. The van der Waals surface area contributed by atoms with Crippen LogP contribution in [-0.4, -0.2) is 24.3 Å². The monoisotopic (exact) mass is 553 g/mol. The molecule has 0 unspecified atom stereocenters. The first-order valence-electron chi connectivity index (χ1n) is 12.3. The molecule has 1 heterocycles. The number of ether oxygens (including phenoxy) is 2. The van der Waals surface area contributed by atoms with Gasteiger partial charge < -0.3 is 14.0 Å². The smallest absolute Gasteiger partial charge is 0.337 e. The Labute approximate surface area is 225 Å². The summed E-state index contributed by atoms with van der Waals surface area (Å²) in [5, 5.41) is 1.22. The van der Waals surface area contributed by atoms with Gasteiger partial charge in [0, 0.05) is 27.5 Å². The molecule has 0 aliphatic rings. The van der Waals surface area contributed by atoms with Gasteiger partial charge in [0.2, 0.25) is 0 Å². The fourth-order valence-corrected chi connectivity index (χ4v) is 5.33. The Bertz CT molecular complexity index is 1470. The van der Waals surface area contributed by atoms with E-state index in [0.717, 1.165) is 16.6 Å². The van der Waals surface area contributed by atoms with Gasteiger partial charge in [-0.15, -0.1) is 0 Å². The van der Waals surface area contributed by atoms with Gasteiger partial charge in [0.25, 0.3) is 0 Å². The van der Waals surface area contributed by atoms with Gasteiger partial charge in [-0.25, -0.2) is 4.79 Å². The van der Waals surface area contributed by atoms with Crippen molar-refractivity contribution in [3.63, 3.8) is 0 Å². The van der Waals surface area contributed by atoms with Gasteiger partial charge in [0.05, 0.1) is 25.3 Å². The van der Waals surface area contributed by atoms with Crippen LogP contribution in [0.25, 0.3) is 10.9 Å². The lowest BCUT2D eigenvalue weighted by molar-refractivity contribution is 0.0600. The van der Waals surface area contributed by atoms with E-state index in [1.54, 1.807) is 24.3 Å². The summed E-state index contributed by atoms with van der Waals surface area (Å²) in [6.45, 7) is 2.72. The minimum atomic E-state index is -0.355. The van der Waals surface area contributed by atoms with Gasteiger partial charge in [-0.05, 0) is 66.1 Å². The Kier molecular flexibility index (Phi) is 7.42. The Morgan fingerprint density at radius 1 is 0.865 bits per heavy atom. The summed E-state index contributed by atoms with van der Waals surface area (Å²) in [5.74, 6) is 0.369. The van der Waals surface area contributed by atoms with Crippen molar-refractivity contribution in [3.05, 3.63) is 136 Å². The van der Waals surface area contributed by atoms with Crippen LogP contribution in [0, 0.1) is 6.92 Å². The molecule has 0 spiro atoms. The molecule has 0 bridgehead atoms. The highest BCUT2D eigenvalue weighted by Crippen LogP contribution is 2.37. The van der Waals surface area contributed by atoms with Crippen molar-refractivity contribution in [3.8, 4) is 5.75 Å². The molecule has 0 saturated heterocycles. The quantitative estimate of drug-likeness (QED) is 0.184. The average molecular weight is 554 g/mol. The Hall–Kier alpha value is -3.83. The predicted molar refractivity (Wildman–Crippen MR) is 151 cm³/mol. The van der Waals surface area contributed by atoms with E-state index >= 15 is 0 Å². The van der Waals surface area contributed by atoms with Crippen LogP contribution in [0.3, 0.4) is 0 Å². The number of aromatic nitrogens is 1. The van der Waals surface area contributed by atoms with Crippen molar-refractivity contribution in [2.45, 2.75) is 19.4 Å². The van der Waals surface area contributed by atoms with Gasteiger partial charge in [0.1, 0.15) is 5.75 Å². The molecule has 0 N–H and O–H groups in total. The first kappa shape index (κ1) is 24.8. The molecule has 0 amide bonds. The molecular formula is C32H28BrNO3. The Morgan fingerprint density at radius 2 is 1.49 bits per heavy atom. The van der Waals surface area contributed by atoms with Crippen LogP contribution in [-0.2, 0) is 11.2 Å². The molecule has 0 saturated carbocycles. The fraction of sp³-hybridized carbons (Fsp3) is 0.156. The normalized spacial score (nSPS) is 11.1. The number of rotatable bonds is 8. The number of esters is 1. The van der Waals surface area contributed by atoms with Crippen LogP contribution in [0.15, 0.2) is 108 Å². The lowest BCUT2D eigenvalue weighted by Crippen LogP contribution is -2.14. The number of halogens is 1. The maximum atomic E-state index is 11.7. The average Bonchev–Trinajstić information content (AvgIpc) is 3.20. The second-order valence-electron chi connectivity index (χ2n) is 8.93. The summed E-state index contributed by atoms with van der Waals surface area (Å²) >= 11 is 3.68. The molecule has 5 aromatic rings. The van der Waals surface area contributed by atoms with E-state index in [9.17, 15) is 4.79 Å². The Morgan fingerprint density at radius 3 is 2.08 bits per heavy atom. The SMILES string of the molecule is COC(=O)c1ccc(OCCc2c(C)n(C(c3ccccc3)c3ccccc3)c3ccc(Br)cc23)cc1. The first-order chi connectivity index (χ1) is 18.1. The summed E-state index contributed by atoms with van der Waals surface area (Å²) in [5.41, 5.74) is 6.66. The third-order valence-corrected chi connectivity index (χ3v) is 7.22. The summed E-state index contributed by atoms with van der Waals surface area (Å²) in [6, 6.07) is 34.9. The van der Waals surface area contributed by atoms with Crippen LogP contribution >= 0.6 is 15.9 Å². The molecule has 5 rings (SSSR count). The van der Waals surface area contributed by atoms with E-state index in [0.29, 0.717) is 12.2 Å². The molecule has 0 aliphatic heterocycles. The second-order valence-corrected chi connectivity index (χ2v) is 9.85. The predicted octanol–water partition coefficient (Wildman–Crippen LogP) is 7.76. The molecule has 186 valence electrons. The number of nitrogens with zero attached hydrogens (tertiary/aromatic N) is 1. The van der Waals surface area contributed by atoms with Gasteiger partial charge in [0.15, 0.2) is 0 Å². The molecule has 4 nitrogen and oxygen atoms in total. The first-order valence-corrected chi connectivity index (χ1v) is 13.1. The van der Waals surface area contributed by atoms with Gasteiger partial charge in [-0.2, -0.15) is 0 Å². The maximum absolute atomic E-state index is 11.7. The number of methoxy groups -OCH3 is 1. The number of benzene rings is 4. The van der Waals surface area contributed by atoms with Gasteiger partial charge in [-0.3, -0.25) is 0 Å². The van der Waals surface area contributed by atoms with E-state index < -0.39 is 0 Å². The zero-order chi connectivity index (χ0) is 25.8. The van der Waals surface area contributed by atoms with Crippen LogP contribution < -0.4 is 4.74 Å². The van der Waals surface area contributed by atoms with Gasteiger partial charge in [-0.1, -0.05) is 76.6 Å². The molecule has 0 atom stereocenters. The molecule has 5 heteroatoms. The Balaban J connectivity index is 1.51. The molecule has 0 aliphatic carbocycles. The van der Waals surface area contributed by atoms with E-state index in [2.05, 4.69) is 106 Å². The van der Waals surface area contributed by atoms with E-state index in [1.165, 1.54) is 40.4 Å². The summed E-state index contributed by atoms with van der Waals surface area (Å²) in [6.07, 6.45) is 0.751. The van der Waals surface area contributed by atoms with E-state index in [1.807, 2.05) is 0 Å². The molecule has 4 aromatic carbocycles. The largest absolute Gasteiger partial charge is 0.493 e.